The fraction of sp³-hybridized carbons (Fsp3) is 0.273. The van der Waals surface area contributed by atoms with E-state index in [1.807, 2.05) is 39.8 Å². The Bertz CT molecular complexity index is 1050. The molecular weight excluding hydrogens is 344 g/mol. The average molecular weight is 366 g/mol. The Balaban J connectivity index is 1.97. The van der Waals surface area contributed by atoms with Crippen molar-refractivity contribution < 1.29 is 18.7 Å². The van der Waals surface area contributed by atoms with Crippen molar-refractivity contribution in [3.8, 4) is 11.5 Å². The minimum atomic E-state index is -0.736. The molecule has 0 aliphatic rings. The van der Waals surface area contributed by atoms with Crippen LogP contribution in [0.1, 0.15) is 48.2 Å². The Kier molecular flexibility index (Phi) is 5.31. The summed E-state index contributed by atoms with van der Waals surface area (Å²) in [6.07, 6.45) is 0. The molecule has 0 bridgehead atoms. The quantitative estimate of drug-likeness (QED) is 0.367. The van der Waals surface area contributed by atoms with Crippen molar-refractivity contribution in [3.63, 3.8) is 0 Å². The van der Waals surface area contributed by atoms with Gasteiger partial charge in [-0.3, -0.25) is 0 Å². The summed E-state index contributed by atoms with van der Waals surface area (Å²) in [6.45, 7) is 8.33. The Labute approximate surface area is 157 Å². The van der Waals surface area contributed by atoms with Gasteiger partial charge in [0.25, 0.3) is 0 Å². The Morgan fingerprint density at radius 2 is 1.89 bits per heavy atom. The maximum absolute atomic E-state index is 12.6. The number of benzene rings is 2. The van der Waals surface area contributed by atoms with Crippen molar-refractivity contribution in [2.24, 2.45) is 0 Å². The van der Waals surface area contributed by atoms with E-state index in [1.165, 1.54) is 6.07 Å². The van der Waals surface area contributed by atoms with Crippen LogP contribution < -0.4 is 15.1 Å². The maximum atomic E-state index is 12.6. The van der Waals surface area contributed by atoms with Crippen LogP contribution in [0.4, 0.5) is 0 Å². The molecule has 27 heavy (non-hydrogen) atoms. The van der Waals surface area contributed by atoms with E-state index in [-0.39, 0.29) is 11.5 Å². The summed E-state index contributed by atoms with van der Waals surface area (Å²) in [5.74, 6) is 0.511. The van der Waals surface area contributed by atoms with Gasteiger partial charge in [-0.2, -0.15) is 0 Å². The molecule has 1 aromatic heterocycles. The van der Waals surface area contributed by atoms with Gasteiger partial charge in [0.2, 0.25) is 0 Å². The predicted molar refractivity (Wildman–Crippen MR) is 104 cm³/mol. The standard InChI is InChI=1S/C22H22O5/c1-5-25-16-8-7-15-11-18(21(23)26-19(15)12-16)22(24)27-20-10-14(4)6-9-17(20)13(2)3/h6-13H,5H2,1-4H3. The zero-order valence-corrected chi connectivity index (χ0v) is 15.9. The van der Waals surface area contributed by atoms with Crippen molar-refractivity contribution >= 4 is 16.9 Å². The number of rotatable bonds is 5. The summed E-state index contributed by atoms with van der Waals surface area (Å²) in [4.78, 5) is 24.9. The van der Waals surface area contributed by atoms with Crippen molar-refractivity contribution in [1.82, 2.24) is 0 Å². The number of ether oxygens (including phenoxy) is 2. The first-order chi connectivity index (χ1) is 12.9. The van der Waals surface area contributed by atoms with Crippen LogP contribution in [0.25, 0.3) is 11.0 Å². The molecule has 0 aliphatic heterocycles. The smallest absolute Gasteiger partial charge is 0.351 e. The number of esters is 1. The Hall–Kier alpha value is -3.08. The van der Waals surface area contributed by atoms with E-state index in [1.54, 1.807) is 24.3 Å². The van der Waals surface area contributed by atoms with Crippen LogP contribution in [0.3, 0.4) is 0 Å². The molecule has 0 atom stereocenters. The molecule has 2 aromatic carbocycles. The minimum absolute atomic E-state index is 0.136. The molecule has 1 heterocycles. The third kappa shape index (κ3) is 4.03. The van der Waals surface area contributed by atoms with Crippen LogP contribution in [-0.4, -0.2) is 12.6 Å². The molecule has 0 fully saturated rings. The van der Waals surface area contributed by atoms with Gasteiger partial charge in [0.05, 0.1) is 6.61 Å². The molecule has 5 heteroatoms. The van der Waals surface area contributed by atoms with E-state index >= 15 is 0 Å². The second kappa shape index (κ2) is 7.66. The molecule has 5 nitrogen and oxygen atoms in total. The van der Waals surface area contributed by atoms with Gasteiger partial charge in [-0.25, -0.2) is 9.59 Å². The number of hydrogen-bond acceptors (Lipinski definition) is 5. The molecule has 0 spiro atoms. The lowest BCUT2D eigenvalue weighted by Gasteiger charge is -2.13. The van der Waals surface area contributed by atoms with Gasteiger partial charge < -0.3 is 13.9 Å². The highest BCUT2D eigenvalue weighted by Crippen LogP contribution is 2.28. The van der Waals surface area contributed by atoms with Gasteiger partial charge in [-0.15, -0.1) is 0 Å². The zero-order valence-electron chi connectivity index (χ0n) is 15.9. The second-order valence-corrected chi connectivity index (χ2v) is 6.67. The summed E-state index contributed by atoms with van der Waals surface area (Å²) in [6, 6.07) is 12.3. The SMILES string of the molecule is CCOc1ccc2cc(C(=O)Oc3cc(C)ccc3C(C)C)c(=O)oc2c1. The van der Waals surface area contributed by atoms with E-state index in [0.29, 0.717) is 29.1 Å². The molecule has 0 saturated carbocycles. The van der Waals surface area contributed by atoms with E-state index < -0.39 is 11.6 Å². The first-order valence-corrected chi connectivity index (χ1v) is 8.92. The van der Waals surface area contributed by atoms with E-state index in [0.717, 1.165) is 11.1 Å². The lowest BCUT2D eigenvalue weighted by molar-refractivity contribution is 0.0728. The Morgan fingerprint density at radius 3 is 2.59 bits per heavy atom. The first-order valence-electron chi connectivity index (χ1n) is 8.92. The third-order valence-corrected chi connectivity index (χ3v) is 4.23. The van der Waals surface area contributed by atoms with Crippen molar-refractivity contribution in [2.45, 2.75) is 33.6 Å². The van der Waals surface area contributed by atoms with E-state index in [9.17, 15) is 9.59 Å². The fourth-order valence-corrected chi connectivity index (χ4v) is 2.85. The molecule has 0 aliphatic carbocycles. The predicted octanol–water partition coefficient (Wildman–Crippen LogP) is 4.84. The zero-order chi connectivity index (χ0) is 19.6. The van der Waals surface area contributed by atoms with Crippen molar-refractivity contribution in [2.75, 3.05) is 6.61 Å². The number of carbonyl (C=O) groups excluding carboxylic acids is 1. The van der Waals surface area contributed by atoms with Gasteiger partial charge in [-0.1, -0.05) is 26.0 Å². The highest BCUT2D eigenvalue weighted by atomic mass is 16.5. The monoisotopic (exact) mass is 366 g/mol. The first kappa shape index (κ1) is 18.7. The Morgan fingerprint density at radius 1 is 1.11 bits per heavy atom. The maximum Gasteiger partial charge on any atom is 0.351 e. The number of fused-ring (bicyclic) bond motifs is 1. The molecule has 0 saturated heterocycles. The fourth-order valence-electron chi connectivity index (χ4n) is 2.85. The molecule has 0 amide bonds. The summed E-state index contributed by atoms with van der Waals surface area (Å²) in [5.41, 5.74) is 1.36. The van der Waals surface area contributed by atoms with Gasteiger partial charge >= 0.3 is 11.6 Å². The van der Waals surface area contributed by atoms with E-state index in [4.69, 9.17) is 13.9 Å². The third-order valence-electron chi connectivity index (χ3n) is 4.23. The molecular formula is C22H22O5. The van der Waals surface area contributed by atoms with Crippen LogP contribution in [0.5, 0.6) is 11.5 Å². The summed E-state index contributed by atoms with van der Waals surface area (Å²) in [5, 5.41) is 0.623. The topological polar surface area (TPSA) is 65.7 Å². The minimum Gasteiger partial charge on any atom is -0.494 e. The normalized spacial score (nSPS) is 11.0. The van der Waals surface area contributed by atoms with Crippen molar-refractivity contribution in [3.05, 3.63) is 69.6 Å². The highest BCUT2D eigenvalue weighted by Gasteiger charge is 2.19. The molecule has 3 aromatic rings. The van der Waals surface area contributed by atoms with Gasteiger partial charge in [0, 0.05) is 11.5 Å². The summed E-state index contributed by atoms with van der Waals surface area (Å²) in [7, 11) is 0. The molecule has 140 valence electrons. The van der Waals surface area contributed by atoms with Gasteiger partial charge in [0.15, 0.2) is 0 Å². The van der Waals surface area contributed by atoms with Gasteiger partial charge in [-0.05, 0) is 55.2 Å². The number of carbonyl (C=O) groups is 1. The van der Waals surface area contributed by atoms with E-state index in [2.05, 4.69) is 0 Å². The van der Waals surface area contributed by atoms with Crippen LogP contribution in [0.15, 0.2) is 51.7 Å². The lowest BCUT2D eigenvalue weighted by Crippen LogP contribution is -2.19. The van der Waals surface area contributed by atoms with Crippen LogP contribution in [-0.2, 0) is 0 Å². The van der Waals surface area contributed by atoms with Crippen molar-refractivity contribution in [1.29, 1.82) is 0 Å². The average Bonchev–Trinajstić information content (AvgIpc) is 2.61. The molecule has 0 N–H and O–H groups in total. The van der Waals surface area contributed by atoms with Gasteiger partial charge in [0.1, 0.15) is 22.6 Å². The highest BCUT2D eigenvalue weighted by molar-refractivity contribution is 5.94. The van der Waals surface area contributed by atoms with Crippen LogP contribution in [0, 0.1) is 6.92 Å². The van der Waals surface area contributed by atoms with Crippen LogP contribution >= 0.6 is 0 Å². The molecule has 0 unspecified atom stereocenters. The number of aryl methyl sites for hydroxylation is 1. The summed E-state index contributed by atoms with van der Waals surface area (Å²) >= 11 is 0. The largest absolute Gasteiger partial charge is 0.494 e. The number of hydrogen-bond donors (Lipinski definition) is 0. The lowest BCUT2D eigenvalue weighted by atomic mass is 10.0. The summed E-state index contributed by atoms with van der Waals surface area (Å²) < 4.78 is 16.2. The van der Waals surface area contributed by atoms with Crippen LogP contribution in [0.2, 0.25) is 0 Å². The molecule has 0 radical (unpaired) electrons. The second-order valence-electron chi connectivity index (χ2n) is 6.67. The molecule has 3 rings (SSSR count).